The minimum atomic E-state index is -0.393. The first-order valence-corrected chi connectivity index (χ1v) is 5.04. The van der Waals surface area contributed by atoms with Gasteiger partial charge in [-0.25, -0.2) is 4.98 Å². The first-order chi connectivity index (χ1) is 6.80. The quantitative estimate of drug-likeness (QED) is 0.814. The molecule has 0 aliphatic carbocycles. The van der Waals surface area contributed by atoms with Crippen LogP contribution in [0.4, 0.5) is 0 Å². The van der Waals surface area contributed by atoms with Gasteiger partial charge in [-0.1, -0.05) is 20.8 Å². The van der Waals surface area contributed by atoms with Crippen LogP contribution in [0.15, 0.2) is 10.6 Å². The Bertz CT molecular complexity index is 350. The lowest BCUT2D eigenvalue weighted by atomic mass is 9.95. The van der Waals surface area contributed by atoms with Gasteiger partial charge in [0.1, 0.15) is 11.8 Å². The zero-order chi connectivity index (χ0) is 11.6. The van der Waals surface area contributed by atoms with Crippen LogP contribution in [0.2, 0.25) is 0 Å². The second-order valence-corrected chi connectivity index (χ2v) is 4.75. The lowest BCUT2D eigenvalue weighted by Crippen LogP contribution is -2.36. The molecule has 1 heterocycles. The number of aromatic nitrogens is 1. The molecule has 1 rings (SSSR count). The standard InChI is InChI=1S/C11H18N2O2/c1-7-6-12-9(15-7)8(2)13-10(14)11(3,4)5/h6,8H,1-5H3,(H,13,14). The van der Waals surface area contributed by atoms with Crippen LogP contribution < -0.4 is 5.32 Å². The maximum absolute atomic E-state index is 11.7. The van der Waals surface area contributed by atoms with Crippen molar-refractivity contribution < 1.29 is 9.21 Å². The molecule has 0 spiro atoms. The Morgan fingerprint density at radius 2 is 2.13 bits per heavy atom. The van der Waals surface area contributed by atoms with E-state index in [4.69, 9.17) is 4.42 Å². The van der Waals surface area contributed by atoms with Crippen LogP contribution in [-0.4, -0.2) is 10.9 Å². The zero-order valence-electron chi connectivity index (χ0n) is 9.92. The highest BCUT2D eigenvalue weighted by Crippen LogP contribution is 2.17. The van der Waals surface area contributed by atoms with Crippen LogP contribution in [0.5, 0.6) is 0 Å². The van der Waals surface area contributed by atoms with E-state index >= 15 is 0 Å². The Labute approximate surface area is 90.1 Å². The smallest absolute Gasteiger partial charge is 0.226 e. The van der Waals surface area contributed by atoms with E-state index in [-0.39, 0.29) is 11.9 Å². The van der Waals surface area contributed by atoms with Crippen LogP contribution in [0.25, 0.3) is 0 Å². The van der Waals surface area contributed by atoms with Gasteiger partial charge in [-0.3, -0.25) is 4.79 Å². The maximum Gasteiger partial charge on any atom is 0.226 e. The highest BCUT2D eigenvalue weighted by Gasteiger charge is 2.24. The lowest BCUT2D eigenvalue weighted by molar-refractivity contribution is -0.129. The van der Waals surface area contributed by atoms with Crippen molar-refractivity contribution in [3.8, 4) is 0 Å². The molecular weight excluding hydrogens is 192 g/mol. The number of nitrogens with zero attached hydrogens (tertiary/aromatic N) is 1. The molecule has 4 heteroatoms. The van der Waals surface area contributed by atoms with Crippen molar-refractivity contribution in [1.29, 1.82) is 0 Å². The fraction of sp³-hybridized carbons (Fsp3) is 0.636. The topological polar surface area (TPSA) is 55.1 Å². The lowest BCUT2D eigenvalue weighted by Gasteiger charge is -2.20. The molecular formula is C11H18N2O2. The van der Waals surface area contributed by atoms with E-state index in [1.807, 2.05) is 34.6 Å². The van der Waals surface area contributed by atoms with E-state index in [1.165, 1.54) is 0 Å². The molecule has 4 nitrogen and oxygen atoms in total. The minimum absolute atomic E-state index is 0.00847. The van der Waals surface area contributed by atoms with Gasteiger partial charge in [-0.15, -0.1) is 0 Å². The number of aryl methyl sites for hydroxylation is 1. The average Bonchev–Trinajstić information content (AvgIpc) is 2.50. The minimum Gasteiger partial charge on any atom is -0.444 e. The Hall–Kier alpha value is -1.32. The van der Waals surface area contributed by atoms with Gasteiger partial charge < -0.3 is 9.73 Å². The summed E-state index contributed by atoms with van der Waals surface area (Å²) in [5.41, 5.74) is -0.393. The largest absolute Gasteiger partial charge is 0.444 e. The number of hydrogen-bond acceptors (Lipinski definition) is 3. The van der Waals surface area contributed by atoms with Gasteiger partial charge in [-0.05, 0) is 13.8 Å². The molecule has 1 atom stereocenters. The van der Waals surface area contributed by atoms with Crippen molar-refractivity contribution in [2.45, 2.75) is 40.7 Å². The Balaban J connectivity index is 2.64. The molecule has 0 fully saturated rings. The molecule has 1 unspecified atom stereocenters. The normalized spacial score (nSPS) is 13.7. The van der Waals surface area contributed by atoms with Crippen molar-refractivity contribution in [3.05, 3.63) is 17.8 Å². The first-order valence-electron chi connectivity index (χ1n) is 5.04. The number of rotatable bonds is 2. The second kappa shape index (κ2) is 4.04. The predicted molar refractivity (Wildman–Crippen MR) is 57.3 cm³/mol. The summed E-state index contributed by atoms with van der Waals surface area (Å²) in [7, 11) is 0. The Morgan fingerprint density at radius 1 is 1.53 bits per heavy atom. The third-order valence-corrected chi connectivity index (χ3v) is 2.04. The fourth-order valence-corrected chi connectivity index (χ4v) is 1.05. The predicted octanol–water partition coefficient (Wildman–Crippen LogP) is 2.21. The fourth-order valence-electron chi connectivity index (χ4n) is 1.05. The molecule has 0 bridgehead atoms. The summed E-state index contributed by atoms with van der Waals surface area (Å²) in [6, 6.07) is -0.189. The number of hydrogen-bond donors (Lipinski definition) is 1. The van der Waals surface area contributed by atoms with E-state index in [0.29, 0.717) is 5.89 Å². The van der Waals surface area contributed by atoms with Crippen molar-refractivity contribution in [2.24, 2.45) is 5.41 Å². The zero-order valence-corrected chi connectivity index (χ0v) is 9.92. The Morgan fingerprint density at radius 3 is 2.53 bits per heavy atom. The van der Waals surface area contributed by atoms with Crippen molar-refractivity contribution in [1.82, 2.24) is 10.3 Å². The maximum atomic E-state index is 11.7. The van der Waals surface area contributed by atoms with Gasteiger partial charge in [-0.2, -0.15) is 0 Å². The number of carbonyl (C=O) groups excluding carboxylic acids is 1. The summed E-state index contributed by atoms with van der Waals surface area (Å²) in [4.78, 5) is 15.7. The Kier molecular flexibility index (Phi) is 3.17. The summed E-state index contributed by atoms with van der Waals surface area (Å²) in [5.74, 6) is 1.29. The molecule has 0 radical (unpaired) electrons. The average molecular weight is 210 g/mol. The highest BCUT2D eigenvalue weighted by molar-refractivity contribution is 5.81. The monoisotopic (exact) mass is 210 g/mol. The molecule has 15 heavy (non-hydrogen) atoms. The molecule has 84 valence electrons. The van der Waals surface area contributed by atoms with Crippen molar-refractivity contribution in [2.75, 3.05) is 0 Å². The van der Waals surface area contributed by atoms with E-state index in [9.17, 15) is 4.79 Å². The van der Waals surface area contributed by atoms with Gasteiger partial charge >= 0.3 is 0 Å². The number of nitrogens with one attached hydrogen (secondary N) is 1. The molecule has 0 saturated carbocycles. The first kappa shape index (κ1) is 11.8. The van der Waals surface area contributed by atoms with E-state index < -0.39 is 5.41 Å². The van der Waals surface area contributed by atoms with E-state index in [1.54, 1.807) is 6.20 Å². The molecule has 0 aliphatic heterocycles. The van der Waals surface area contributed by atoms with Crippen LogP contribution in [-0.2, 0) is 4.79 Å². The second-order valence-electron chi connectivity index (χ2n) is 4.75. The van der Waals surface area contributed by atoms with Crippen LogP contribution in [0, 0.1) is 12.3 Å². The summed E-state index contributed by atoms with van der Waals surface area (Å²) in [6.45, 7) is 9.30. The molecule has 0 aliphatic rings. The molecule has 0 aromatic carbocycles. The van der Waals surface area contributed by atoms with Crippen LogP contribution >= 0.6 is 0 Å². The SMILES string of the molecule is Cc1cnc(C(C)NC(=O)C(C)(C)C)o1. The number of oxazole rings is 1. The summed E-state index contributed by atoms with van der Waals surface area (Å²) in [5, 5.41) is 2.85. The van der Waals surface area contributed by atoms with Gasteiger partial charge in [0, 0.05) is 5.41 Å². The van der Waals surface area contributed by atoms with Crippen LogP contribution in [0.3, 0.4) is 0 Å². The van der Waals surface area contributed by atoms with Gasteiger partial charge in [0.2, 0.25) is 11.8 Å². The van der Waals surface area contributed by atoms with Crippen molar-refractivity contribution >= 4 is 5.91 Å². The molecule has 1 aromatic heterocycles. The molecule has 1 aromatic rings. The third-order valence-electron chi connectivity index (χ3n) is 2.04. The highest BCUT2D eigenvalue weighted by atomic mass is 16.4. The van der Waals surface area contributed by atoms with Crippen LogP contribution in [0.1, 0.15) is 45.4 Å². The number of carbonyl (C=O) groups is 1. The van der Waals surface area contributed by atoms with Gasteiger partial charge in [0.25, 0.3) is 0 Å². The van der Waals surface area contributed by atoms with Gasteiger partial charge in [0.15, 0.2) is 0 Å². The van der Waals surface area contributed by atoms with E-state index in [2.05, 4.69) is 10.3 Å². The third kappa shape index (κ3) is 3.08. The van der Waals surface area contributed by atoms with Crippen molar-refractivity contribution in [3.63, 3.8) is 0 Å². The molecule has 0 saturated heterocycles. The molecule has 1 N–H and O–H groups in total. The van der Waals surface area contributed by atoms with Gasteiger partial charge in [0.05, 0.1) is 6.20 Å². The number of amides is 1. The summed E-state index contributed by atoms with van der Waals surface area (Å²) in [6.07, 6.45) is 1.65. The van der Waals surface area contributed by atoms with E-state index in [0.717, 1.165) is 5.76 Å². The molecule has 1 amide bonds. The summed E-state index contributed by atoms with van der Waals surface area (Å²) < 4.78 is 5.33. The summed E-state index contributed by atoms with van der Waals surface area (Å²) >= 11 is 0.